The van der Waals surface area contributed by atoms with Crippen LogP contribution in [0.1, 0.15) is 11.1 Å². The fourth-order valence-corrected chi connectivity index (χ4v) is 2.53. The van der Waals surface area contributed by atoms with Gasteiger partial charge in [0.15, 0.2) is 5.70 Å². The number of ether oxygens (including phenoxy) is 1. The third-order valence-electron chi connectivity index (χ3n) is 2.91. The highest BCUT2D eigenvalue weighted by Crippen LogP contribution is 2.22. The minimum Gasteiger partial charge on any atom is -0.402 e. The molecule has 3 rings (SSSR count). The summed E-state index contributed by atoms with van der Waals surface area (Å²) in [5.74, 6) is -0.145. The van der Waals surface area contributed by atoms with Crippen molar-refractivity contribution in [3.05, 3.63) is 73.9 Å². The molecule has 1 aliphatic rings. The number of cyclic esters (lactones) is 1. The van der Waals surface area contributed by atoms with Gasteiger partial charge in [-0.3, -0.25) is 0 Å². The summed E-state index contributed by atoms with van der Waals surface area (Å²) < 4.78 is 6.26. The lowest BCUT2D eigenvalue weighted by atomic mass is 10.2. The highest BCUT2D eigenvalue weighted by molar-refractivity contribution is 14.1. The monoisotopic (exact) mass is 409 g/mol. The lowest BCUT2D eigenvalue weighted by Gasteiger charge is -1.98. The minimum absolute atomic E-state index is 0.295. The summed E-state index contributed by atoms with van der Waals surface area (Å²) in [6.45, 7) is 0. The molecule has 0 amide bonds. The van der Waals surface area contributed by atoms with Gasteiger partial charge in [0, 0.05) is 14.2 Å². The van der Waals surface area contributed by atoms with E-state index in [0.717, 1.165) is 14.7 Å². The van der Waals surface area contributed by atoms with Crippen molar-refractivity contribution in [3.8, 4) is 0 Å². The third kappa shape index (κ3) is 3.16. The molecule has 0 saturated carbocycles. The van der Waals surface area contributed by atoms with Crippen LogP contribution in [0.3, 0.4) is 0 Å². The molecular weight excluding hydrogens is 401 g/mol. The van der Waals surface area contributed by atoms with E-state index in [4.69, 9.17) is 16.3 Å². The number of hydrogen-bond donors (Lipinski definition) is 0. The normalized spacial score (nSPS) is 16.0. The van der Waals surface area contributed by atoms with E-state index in [1.165, 1.54) is 0 Å². The molecule has 2 aromatic carbocycles. The number of carbonyl (C=O) groups excluding carboxylic acids is 1. The second-order valence-corrected chi connectivity index (χ2v) is 5.96. The highest BCUT2D eigenvalue weighted by atomic mass is 127. The Morgan fingerprint density at radius 1 is 1.10 bits per heavy atom. The van der Waals surface area contributed by atoms with E-state index in [1.807, 2.05) is 24.3 Å². The first-order valence-corrected chi connectivity index (χ1v) is 7.62. The van der Waals surface area contributed by atoms with Crippen molar-refractivity contribution in [1.82, 2.24) is 0 Å². The van der Waals surface area contributed by atoms with E-state index < -0.39 is 5.97 Å². The minimum atomic E-state index is -0.445. The van der Waals surface area contributed by atoms with Crippen LogP contribution in [0.25, 0.3) is 6.08 Å². The standard InChI is InChI=1S/C16H9ClINO2/c17-12-7-5-10(6-8-12)15-19-14(16(20)21-15)9-11-3-1-2-4-13(11)18/h1-9H/b14-9+. The Kier molecular flexibility index (Phi) is 4.07. The number of hydrogen-bond acceptors (Lipinski definition) is 3. The van der Waals surface area contributed by atoms with Crippen molar-refractivity contribution in [2.75, 3.05) is 0 Å². The summed E-state index contributed by atoms with van der Waals surface area (Å²) in [4.78, 5) is 16.2. The fraction of sp³-hybridized carbons (Fsp3) is 0. The molecule has 1 heterocycles. The van der Waals surface area contributed by atoms with E-state index in [9.17, 15) is 4.79 Å². The van der Waals surface area contributed by atoms with Gasteiger partial charge in [0.1, 0.15) is 0 Å². The van der Waals surface area contributed by atoms with E-state index >= 15 is 0 Å². The van der Waals surface area contributed by atoms with Crippen LogP contribution >= 0.6 is 34.2 Å². The van der Waals surface area contributed by atoms with Crippen LogP contribution in [-0.4, -0.2) is 11.9 Å². The van der Waals surface area contributed by atoms with Gasteiger partial charge in [-0.25, -0.2) is 9.79 Å². The Balaban J connectivity index is 1.96. The first-order valence-electron chi connectivity index (χ1n) is 6.16. The average Bonchev–Trinajstić information content (AvgIpc) is 2.83. The Bertz CT molecular complexity index is 766. The lowest BCUT2D eigenvalue weighted by Crippen LogP contribution is -2.05. The maximum Gasteiger partial charge on any atom is 0.363 e. The van der Waals surface area contributed by atoms with Gasteiger partial charge in [0.05, 0.1) is 0 Å². The van der Waals surface area contributed by atoms with Gasteiger partial charge < -0.3 is 4.74 Å². The molecular formula is C16H9ClINO2. The predicted molar refractivity (Wildman–Crippen MR) is 91.2 cm³/mol. The van der Waals surface area contributed by atoms with Crippen LogP contribution in [0.15, 0.2) is 59.2 Å². The average molecular weight is 410 g/mol. The largest absolute Gasteiger partial charge is 0.402 e. The zero-order chi connectivity index (χ0) is 14.8. The summed E-state index contributed by atoms with van der Waals surface area (Å²) in [6.07, 6.45) is 1.73. The van der Waals surface area contributed by atoms with Crippen LogP contribution in [0.2, 0.25) is 5.02 Å². The summed E-state index contributed by atoms with van der Waals surface area (Å²) >= 11 is 8.06. The summed E-state index contributed by atoms with van der Waals surface area (Å²) in [5, 5.41) is 0.623. The molecule has 2 aromatic rings. The van der Waals surface area contributed by atoms with Crippen molar-refractivity contribution >= 4 is 52.1 Å². The van der Waals surface area contributed by atoms with Crippen molar-refractivity contribution in [1.29, 1.82) is 0 Å². The van der Waals surface area contributed by atoms with Crippen LogP contribution in [0, 0.1) is 3.57 Å². The Morgan fingerprint density at radius 3 is 2.52 bits per heavy atom. The fourth-order valence-electron chi connectivity index (χ4n) is 1.86. The molecule has 0 bridgehead atoms. The lowest BCUT2D eigenvalue weighted by molar-refractivity contribution is -0.129. The van der Waals surface area contributed by atoms with Gasteiger partial charge in [0.2, 0.25) is 5.90 Å². The van der Waals surface area contributed by atoms with Crippen molar-refractivity contribution in [2.45, 2.75) is 0 Å². The van der Waals surface area contributed by atoms with Gasteiger partial charge in [-0.05, 0) is 64.6 Å². The summed E-state index contributed by atoms with van der Waals surface area (Å²) in [7, 11) is 0. The maximum absolute atomic E-state index is 11.9. The summed E-state index contributed by atoms with van der Waals surface area (Å²) in [6, 6.07) is 14.8. The van der Waals surface area contributed by atoms with E-state index in [-0.39, 0.29) is 0 Å². The molecule has 21 heavy (non-hydrogen) atoms. The van der Waals surface area contributed by atoms with E-state index in [1.54, 1.807) is 30.3 Å². The van der Waals surface area contributed by atoms with Crippen LogP contribution in [0.5, 0.6) is 0 Å². The van der Waals surface area contributed by atoms with Gasteiger partial charge in [-0.1, -0.05) is 29.8 Å². The third-order valence-corrected chi connectivity index (χ3v) is 4.14. The Morgan fingerprint density at radius 2 is 1.81 bits per heavy atom. The second-order valence-electron chi connectivity index (χ2n) is 4.36. The van der Waals surface area contributed by atoms with Gasteiger partial charge in [0.25, 0.3) is 0 Å². The SMILES string of the molecule is O=C1OC(c2ccc(Cl)cc2)=N/C1=C/c1ccccc1I. The molecule has 0 spiro atoms. The number of carbonyl (C=O) groups is 1. The quantitative estimate of drug-likeness (QED) is 0.422. The molecule has 0 unspecified atom stereocenters. The molecule has 1 aliphatic heterocycles. The smallest absolute Gasteiger partial charge is 0.363 e. The number of esters is 1. The van der Waals surface area contributed by atoms with Crippen LogP contribution in [0.4, 0.5) is 0 Å². The van der Waals surface area contributed by atoms with Crippen molar-refractivity contribution in [2.24, 2.45) is 4.99 Å². The number of aliphatic imine (C=N–C) groups is 1. The highest BCUT2D eigenvalue weighted by Gasteiger charge is 2.24. The molecule has 0 radical (unpaired) electrons. The topological polar surface area (TPSA) is 38.7 Å². The van der Waals surface area contributed by atoms with Gasteiger partial charge in [-0.15, -0.1) is 0 Å². The van der Waals surface area contributed by atoms with Gasteiger partial charge in [-0.2, -0.15) is 0 Å². The summed E-state index contributed by atoms with van der Waals surface area (Å²) in [5.41, 5.74) is 1.95. The first kappa shape index (κ1) is 14.3. The second kappa shape index (κ2) is 5.99. The zero-order valence-corrected chi connectivity index (χ0v) is 13.6. The number of rotatable bonds is 2. The molecule has 0 fully saturated rings. The van der Waals surface area contributed by atoms with Crippen molar-refractivity contribution < 1.29 is 9.53 Å². The molecule has 0 N–H and O–H groups in total. The Hall–Kier alpha value is -1.66. The number of benzene rings is 2. The van der Waals surface area contributed by atoms with E-state index in [0.29, 0.717) is 16.6 Å². The zero-order valence-electron chi connectivity index (χ0n) is 10.7. The van der Waals surface area contributed by atoms with Crippen LogP contribution < -0.4 is 0 Å². The molecule has 0 saturated heterocycles. The molecule has 3 nitrogen and oxygen atoms in total. The Labute approximate surface area is 140 Å². The molecule has 0 aliphatic carbocycles. The molecule has 0 aromatic heterocycles. The molecule has 5 heteroatoms. The van der Waals surface area contributed by atoms with Gasteiger partial charge >= 0.3 is 5.97 Å². The number of nitrogens with zero attached hydrogens (tertiary/aromatic N) is 1. The predicted octanol–water partition coefficient (Wildman–Crippen LogP) is 4.29. The molecule has 0 atom stereocenters. The molecule has 104 valence electrons. The van der Waals surface area contributed by atoms with Crippen LogP contribution in [-0.2, 0) is 9.53 Å². The number of halogens is 2. The maximum atomic E-state index is 11.9. The first-order chi connectivity index (χ1) is 10.1. The van der Waals surface area contributed by atoms with Crippen molar-refractivity contribution in [3.63, 3.8) is 0 Å². The van der Waals surface area contributed by atoms with E-state index in [2.05, 4.69) is 27.6 Å².